The fraction of sp³-hybridized carbons (Fsp3) is 0.364. The molecule has 6 nitrogen and oxygen atoms in total. The first kappa shape index (κ1) is 19.7. The lowest BCUT2D eigenvalue weighted by Crippen LogP contribution is -2.11. The van der Waals surface area contributed by atoms with Crippen LogP contribution in [0.5, 0.6) is 5.75 Å². The second-order valence-corrected chi connectivity index (χ2v) is 7.16. The summed E-state index contributed by atoms with van der Waals surface area (Å²) in [6, 6.07) is 9.63. The summed E-state index contributed by atoms with van der Waals surface area (Å²) in [6.45, 7) is 11.2. The molecule has 0 fully saturated rings. The van der Waals surface area contributed by atoms with Crippen LogP contribution >= 0.6 is 0 Å². The zero-order valence-corrected chi connectivity index (χ0v) is 17.1. The van der Waals surface area contributed by atoms with Crippen molar-refractivity contribution >= 4 is 11.6 Å². The van der Waals surface area contributed by atoms with Gasteiger partial charge in [-0.15, -0.1) is 0 Å². The molecule has 0 aliphatic carbocycles. The Balaban J connectivity index is 1.67. The van der Waals surface area contributed by atoms with E-state index >= 15 is 0 Å². The first-order chi connectivity index (χ1) is 13.4. The number of ether oxygens (including phenoxy) is 1. The molecule has 0 aliphatic heterocycles. The van der Waals surface area contributed by atoms with E-state index in [1.165, 1.54) is 0 Å². The molecule has 1 aromatic carbocycles. The van der Waals surface area contributed by atoms with Gasteiger partial charge in [-0.1, -0.05) is 26.0 Å². The summed E-state index contributed by atoms with van der Waals surface area (Å²) in [5.74, 6) is 1.75. The van der Waals surface area contributed by atoms with Crippen LogP contribution in [0.25, 0.3) is 0 Å². The van der Waals surface area contributed by atoms with Gasteiger partial charge >= 0.3 is 0 Å². The lowest BCUT2D eigenvalue weighted by atomic mass is 10.0. The van der Waals surface area contributed by atoms with Crippen molar-refractivity contribution in [3.8, 4) is 5.75 Å². The zero-order chi connectivity index (χ0) is 20.3. The van der Waals surface area contributed by atoms with E-state index in [0.29, 0.717) is 17.4 Å². The predicted molar refractivity (Wildman–Crippen MR) is 109 cm³/mol. The fourth-order valence-electron chi connectivity index (χ4n) is 3.04. The quantitative estimate of drug-likeness (QED) is 0.620. The maximum atomic E-state index is 12.5. The second kappa shape index (κ2) is 8.33. The number of amides is 1. The molecule has 6 heteroatoms. The smallest absolute Gasteiger partial charge is 0.291 e. The Morgan fingerprint density at radius 3 is 2.71 bits per heavy atom. The molecule has 28 heavy (non-hydrogen) atoms. The van der Waals surface area contributed by atoms with Gasteiger partial charge in [0.15, 0.2) is 5.76 Å². The SMILES string of the molecule is CCn1ncc(NC(=O)c2ccc(COc3cc(C)ccc3C(C)C)o2)c1C. The summed E-state index contributed by atoms with van der Waals surface area (Å²) in [4.78, 5) is 12.5. The van der Waals surface area contributed by atoms with Crippen molar-refractivity contribution in [3.63, 3.8) is 0 Å². The molecule has 0 saturated carbocycles. The Hall–Kier alpha value is -3.02. The van der Waals surface area contributed by atoms with Crippen LogP contribution in [-0.4, -0.2) is 15.7 Å². The molecule has 148 valence electrons. The number of anilines is 1. The van der Waals surface area contributed by atoms with Gasteiger partial charge in [-0.3, -0.25) is 9.48 Å². The van der Waals surface area contributed by atoms with E-state index in [-0.39, 0.29) is 18.3 Å². The van der Waals surface area contributed by atoms with E-state index in [1.54, 1.807) is 18.3 Å². The minimum Gasteiger partial charge on any atom is -0.485 e. The van der Waals surface area contributed by atoms with Crippen LogP contribution in [0.15, 0.2) is 40.9 Å². The normalized spacial score (nSPS) is 11.1. The summed E-state index contributed by atoms with van der Waals surface area (Å²) in [5.41, 5.74) is 3.88. The van der Waals surface area contributed by atoms with Gasteiger partial charge in [-0.05, 0) is 56.0 Å². The van der Waals surface area contributed by atoms with Crippen LogP contribution in [0.4, 0.5) is 5.69 Å². The molecule has 3 aromatic rings. The van der Waals surface area contributed by atoms with Crippen molar-refractivity contribution in [2.24, 2.45) is 0 Å². The number of hydrogen-bond donors (Lipinski definition) is 1. The van der Waals surface area contributed by atoms with Crippen LogP contribution in [0, 0.1) is 13.8 Å². The lowest BCUT2D eigenvalue weighted by Gasteiger charge is -2.14. The maximum absolute atomic E-state index is 12.5. The third-order valence-corrected chi connectivity index (χ3v) is 4.70. The molecule has 1 N–H and O–H groups in total. The fourth-order valence-corrected chi connectivity index (χ4v) is 3.04. The van der Waals surface area contributed by atoms with Crippen LogP contribution in [0.1, 0.15) is 59.8 Å². The molecule has 1 amide bonds. The zero-order valence-electron chi connectivity index (χ0n) is 17.1. The number of nitrogens with one attached hydrogen (secondary N) is 1. The Morgan fingerprint density at radius 1 is 1.25 bits per heavy atom. The van der Waals surface area contributed by atoms with Gasteiger partial charge in [0.05, 0.1) is 17.6 Å². The highest BCUT2D eigenvalue weighted by Gasteiger charge is 2.15. The Labute approximate surface area is 165 Å². The van der Waals surface area contributed by atoms with Crippen molar-refractivity contribution in [2.45, 2.75) is 53.7 Å². The summed E-state index contributed by atoms with van der Waals surface area (Å²) in [7, 11) is 0. The van der Waals surface area contributed by atoms with E-state index in [1.807, 2.05) is 31.5 Å². The van der Waals surface area contributed by atoms with Crippen molar-refractivity contribution in [2.75, 3.05) is 5.32 Å². The highest BCUT2D eigenvalue weighted by molar-refractivity contribution is 6.02. The maximum Gasteiger partial charge on any atom is 0.291 e. The van der Waals surface area contributed by atoms with Crippen LogP contribution in [0.2, 0.25) is 0 Å². The Bertz CT molecular complexity index is 969. The van der Waals surface area contributed by atoms with E-state index in [9.17, 15) is 4.79 Å². The largest absolute Gasteiger partial charge is 0.485 e. The second-order valence-electron chi connectivity index (χ2n) is 7.16. The number of furan rings is 1. The van der Waals surface area contributed by atoms with Crippen LogP contribution in [0.3, 0.4) is 0 Å². The highest BCUT2D eigenvalue weighted by Crippen LogP contribution is 2.28. The summed E-state index contributed by atoms with van der Waals surface area (Å²) in [5, 5.41) is 7.07. The summed E-state index contributed by atoms with van der Waals surface area (Å²) in [6.07, 6.45) is 1.65. The molecule has 0 radical (unpaired) electrons. The van der Waals surface area contributed by atoms with E-state index < -0.39 is 0 Å². The minimum atomic E-state index is -0.302. The Kier molecular flexibility index (Phi) is 5.87. The van der Waals surface area contributed by atoms with E-state index in [4.69, 9.17) is 9.15 Å². The monoisotopic (exact) mass is 381 g/mol. The van der Waals surface area contributed by atoms with Crippen molar-refractivity contribution < 1.29 is 13.9 Å². The summed E-state index contributed by atoms with van der Waals surface area (Å²) < 4.78 is 13.5. The summed E-state index contributed by atoms with van der Waals surface area (Å²) >= 11 is 0. The number of aryl methyl sites for hydroxylation is 2. The first-order valence-corrected chi connectivity index (χ1v) is 9.54. The van der Waals surface area contributed by atoms with Gasteiger partial charge in [0.25, 0.3) is 5.91 Å². The minimum absolute atomic E-state index is 0.246. The number of carbonyl (C=O) groups excluding carboxylic acids is 1. The molecular formula is C22H27N3O3. The first-order valence-electron chi connectivity index (χ1n) is 9.54. The molecule has 0 aliphatic rings. The van der Waals surface area contributed by atoms with Crippen LogP contribution in [-0.2, 0) is 13.2 Å². The van der Waals surface area contributed by atoms with Gasteiger partial charge in [-0.25, -0.2) is 0 Å². The number of rotatable bonds is 7. The third kappa shape index (κ3) is 4.27. The lowest BCUT2D eigenvalue weighted by molar-refractivity contribution is 0.0992. The molecule has 2 aromatic heterocycles. The van der Waals surface area contributed by atoms with Gasteiger partial charge in [0.2, 0.25) is 0 Å². The van der Waals surface area contributed by atoms with Crippen molar-refractivity contribution in [1.82, 2.24) is 9.78 Å². The number of carbonyl (C=O) groups is 1. The molecule has 0 saturated heterocycles. The topological polar surface area (TPSA) is 69.3 Å². The molecule has 0 atom stereocenters. The van der Waals surface area contributed by atoms with Gasteiger partial charge < -0.3 is 14.5 Å². The van der Waals surface area contributed by atoms with Gasteiger partial charge in [0, 0.05) is 6.54 Å². The average Bonchev–Trinajstić information content (AvgIpc) is 3.27. The van der Waals surface area contributed by atoms with Crippen molar-refractivity contribution in [1.29, 1.82) is 0 Å². The number of nitrogens with zero attached hydrogens (tertiary/aromatic N) is 2. The molecule has 3 rings (SSSR count). The molecule has 0 spiro atoms. The third-order valence-electron chi connectivity index (χ3n) is 4.70. The standard InChI is InChI=1S/C22H27N3O3/c1-6-25-16(5)19(12-23-25)24-22(26)20-10-8-17(28-20)13-27-21-11-15(4)7-9-18(21)14(2)3/h7-12,14H,6,13H2,1-5H3,(H,24,26). The molecule has 2 heterocycles. The predicted octanol–water partition coefficient (Wildman–Crippen LogP) is 5.07. The number of hydrogen-bond acceptors (Lipinski definition) is 4. The van der Waals surface area contributed by atoms with Gasteiger partial charge in [-0.2, -0.15) is 5.10 Å². The number of aromatic nitrogens is 2. The highest BCUT2D eigenvalue weighted by atomic mass is 16.5. The van der Waals surface area contributed by atoms with Crippen LogP contribution < -0.4 is 10.1 Å². The molecular weight excluding hydrogens is 354 g/mol. The Morgan fingerprint density at radius 2 is 2.04 bits per heavy atom. The number of benzene rings is 1. The van der Waals surface area contributed by atoms with Gasteiger partial charge in [0.1, 0.15) is 18.1 Å². The average molecular weight is 381 g/mol. The van der Waals surface area contributed by atoms with E-state index in [0.717, 1.165) is 29.1 Å². The van der Waals surface area contributed by atoms with Crippen molar-refractivity contribution in [3.05, 3.63) is 64.9 Å². The molecule has 0 unspecified atom stereocenters. The van der Waals surface area contributed by atoms with E-state index in [2.05, 4.69) is 36.4 Å². The molecule has 0 bridgehead atoms.